The van der Waals surface area contributed by atoms with Crippen LogP contribution in [0.4, 0.5) is 0 Å². The lowest BCUT2D eigenvalue weighted by molar-refractivity contribution is 0.391. The van der Waals surface area contributed by atoms with Gasteiger partial charge in [-0.15, -0.1) is 0 Å². The van der Waals surface area contributed by atoms with Crippen molar-refractivity contribution in [1.82, 2.24) is 0 Å². The van der Waals surface area contributed by atoms with Gasteiger partial charge in [0.2, 0.25) is 0 Å². The summed E-state index contributed by atoms with van der Waals surface area (Å²) in [5, 5.41) is 10.1. The van der Waals surface area contributed by atoms with Crippen LogP contribution in [0.2, 0.25) is 5.02 Å². The molecule has 0 saturated heterocycles. The number of halogens is 1. The van der Waals surface area contributed by atoms with Gasteiger partial charge in [-0.1, -0.05) is 30.7 Å². The van der Waals surface area contributed by atoms with Crippen molar-refractivity contribution in [2.45, 2.75) is 32.6 Å². The van der Waals surface area contributed by atoms with E-state index in [0.29, 0.717) is 5.92 Å². The highest BCUT2D eigenvalue weighted by molar-refractivity contribution is 6.30. The van der Waals surface area contributed by atoms with Crippen LogP contribution in [0.3, 0.4) is 0 Å². The number of hydrogen-bond acceptors (Lipinski definition) is 1. The van der Waals surface area contributed by atoms with Crippen LogP contribution < -0.4 is 0 Å². The van der Waals surface area contributed by atoms with Crippen LogP contribution in [0.5, 0.6) is 0 Å². The Morgan fingerprint density at radius 1 is 1.44 bits per heavy atom. The molecule has 0 N–H and O–H groups in total. The Hall–Kier alpha value is -1.00. The van der Waals surface area contributed by atoms with Crippen LogP contribution in [0.15, 0.2) is 24.3 Å². The smallest absolute Gasteiger partial charge is 0.0693 e. The topological polar surface area (TPSA) is 23.8 Å². The molecule has 1 nitrogen and oxygen atoms in total. The van der Waals surface area contributed by atoms with Crippen LogP contribution in [0.1, 0.15) is 31.7 Å². The zero-order chi connectivity index (χ0) is 11.6. The van der Waals surface area contributed by atoms with Gasteiger partial charge in [0.1, 0.15) is 0 Å². The Kier molecular flexibility index (Phi) is 3.21. The van der Waals surface area contributed by atoms with Gasteiger partial charge in [0.05, 0.1) is 11.5 Å². The monoisotopic (exact) mass is 233 g/mol. The van der Waals surface area contributed by atoms with E-state index in [-0.39, 0.29) is 5.41 Å². The van der Waals surface area contributed by atoms with E-state index in [9.17, 15) is 5.26 Å². The van der Waals surface area contributed by atoms with E-state index in [1.807, 2.05) is 24.3 Å². The highest BCUT2D eigenvalue weighted by Gasteiger charge is 2.37. The van der Waals surface area contributed by atoms with E-state index < -0.39 is 0 Å². The lowest BCUT2D eigenvalue weighted by Crippen LogP contribution is -2.17. The van der Waals surface area contributed by atoms with E-state index in [1.54, 1.807) is 0 Å². The molecule has 0 bridgehead atoms. The first-order valence-corrected chi connectivity index (χ1v) is 6.17. The van der Waals surface area contributed by atoms with Gasteiger partial charge in [-0.2, -0.15) is 5.26 Å². The lowest BCUT2D eigenvalue weighted by Gasteiger charge is -2.20. The summed E-state index contributed by atoms with van der Waals surface area (Å²) in [6.07, 6.45) is 4.12. The van der Waals surface area contributed by atoms with Crippen molar-refractivity contribution >= 4 is 11.6 Å². The average Bonchev–Trinajstić information content (AvgIpc) is 2.64. The SMILES string of the molecule is CC1CCC(C#N)(Cc2ccc(Cl)cc2)C1. The summed E-state index contributed by atoms with van der Waals surface area (Å²) >= 11 is 5.86. The molecule has 0 spiro atoms. The zero-order valence-electron chi connectivity index (χ0n) is 9.54. The van der Waals surface area contributed by atoms with E-state index in [2.05, 4.69) is 13.0 Å². The third-order valence-corrected chi connectivity index (χ3v) is 3.80. The molecule has 16 heavy (non-hydrogen) atoms. The van der Waals surface area contributed by atoms with Crippen LogP contribution in [-0.4, -0.2) is 0 Å². The van der Waals surface area contributed by atoms with Crippen molar-refractivity contribution in [3.63, 3.8) is 0 Å². The molecular weight excluding hydrogens is 218 g/mol. The Labute approximate surface area is 102 Å². The van der Waals surface area contributed by atoms with E-state index in [4.69, 9.17) is 11.6 Å². The van der Waals surface area contributed by atoms with Gasteiger partial charge in [0.15, 0.2) is 0 Å². The summed E-state index contributed by atoms with van der Waals surface area (Å²) < 4.78 is 0. The normalized spacial score (nSPS) is 28.9. The summed E-state index contributed by atoms with van der Waals surface area (Å²) in [7, 11) is 0. The van der Waals surface area contributed by atoms with Crippen molar-refractivity contribution in [2.75, 3.05) is 0 Å². The molecule has 1 aliphatic rings. The molecule has 1 aromatic carbocycles. The highest BCUT2D eigenvalue weighted by atomic mass is 35.5. The third kappa shape index (κ3) is 2.39. The molecule has 2 rings (SSSR count). The fourth-order valence-electron chi connectivity index (χ4n) is 2.69. The first-order valence-electron chi connectivity index (χ1n) is 5.79. The van der Waals surface area contributed by atoms with E-state index in [1.165, 1.54) is 12.0 Å². The second-order valence-electron chi connectivity index (χ2n) is 5.04. The number of nitriles is 1. The lowest BCUT2D eigenvalue weighted by atomic mass is 9.81. The van der Waals surface area contributed by atoms with Crippen LogP contribution in [-0.2, 0) is 6.42 Å². The molecule has 1 aliphatic carbocycles. The Bertz CT molecular complexity index is 404. The van der Waals surface area contributed by atoms with Crippen LogP contribution in [0, 0.1) is 22.7 Å². The van der Waals surface area contributed by atoms with Crippen molar-refractivity contribution in [3.8, 4) is 6.07 Å². The van der Waals surface area contributed by atoms with Gasteiger partial charge in [0.25, 0.3) is 0 Å². The number of rotatable bonds is 2. The maximum absolute atomic E-state index is 9.37. The quantitative estimate of drug-likeness (QED) is 0.751. The number of nitrogens with zero attached hydrogens (tertiary/aromatic N) is 1. The summed E-state index contributed by atoms with van der Waals surface area (Å²) in [4.78, 5) is 0. The van der Waals surface area contributed by atoms with Gasteiger partial charge in [-0.25, -0.2) is 0 Å². The molecule has 1 saturated carbocycles. The van der Waals surface area contributed by atoms with E-state index >= 15 is 0 Å². The minimum atomic E-state index is -0.132. The molecule has 84 valence electrons. The highest BCUT2D eigenvalue weighted by Crippen LogP contribution is 2.43. The largest absolute Gasteiger partial charge is 0.198 e. The third-order valence-electron chi connectivity index (χ3n) is 3.55. The molecule has 2 heteroatoms. The average molecular weight is 234 g/mol. The fraction of sp³-hybridized carbons (Fsp3) is 0.500. The van der Waals surface area contributed by atoms with Crippen LogP contribution in [0.25, 0.3) is 0 Å². The molecule has 2 atom stereocenters. The molecule has 0 aliphatic heterocycles. The van der Waals surface area contributed by atoms with Crippen molar-refractivity contribution in [2.24, 2.45) is 11.3 Å². The van der Waals surface area contributed by atoms with Gasteiger partial charge < -0.3 is 0 Å². The number of hydrogen-bond donors (Lipinski definition) is 0. The molecule has 0 amide bonds. The number of benzene rings is 1. The standard InChI is InChI=1S/C14H16ClN/c1-11-6-7-14(8-11,10-16)9-12-2-4-13(15)5-3-12/h2-5,11H,6-9H2,1H3. The second kappa shape index (κ2) is 4.47. The van der Waals surface area contributed by atoms with Crippen molar-refractivity contribution in [1.29, 1.82) is 5.26 Å². The molecule has 0 aromatic heterocycles. The Balaban J connectivity index is 2.14. The van der Waals surface area contributed by atoms with Crippen molar-refractivity contribution in [3.05, 3.63) is 34.9 Å². The van der Waals surface area contributed by atoms with E-state index in [0.717, 1.165) is 24.3 Å². The molecule has 0 radical (unpaired) electrons. The van der Waals surface area contributed by atoms with Gasteiger partial charge in [-0.05, 0) is 49.3 Å². The first-order chi connectivity index (χ1) is 7.63. The summed E-state index contributed by atoms with van der Waals surface area (Å²) in [5.74, 6) is 0.687. The summed E-state index contributed by atoms with van der Waals surface area (Å²) in [6, 6.07) is 10.4. The van der Waals surface area contributed by atoms with Gasteiger partial charge in [-0.3, -0.25) is 0 Å². The predicted molar refractivity (Wildman–Crippen MR) is 66.2 cm³/mol. The fourth-order valence-corrected chi connectivity index (χ4v) is 2.81. The summed E-state index contributed by atoms with van der Waals surface area (Å²) in [5.41, 5.74) is 1.09. The first kappa shape index (κ1) is 11.5. The molecule has 2 unspecified atom stereocenters. The molecule has 1 aromatic rings. The second-order valence-corrected chi connectivity index (χ2v) is 5.48. The Morgan fingerprint density at radius 3 is 2.62 bits per heavy atom. The summed E-state index contributed by atoms with van der Waals surface area (Å²) in [6.45, 7) is 2.24. The predicted octanol–water partition coefficient (Wildman–Crippen LogP) is 4.21. The molecule has 1 fully saturated rings. The van der Waals surface area contributed by atoms with Crippen LogP contribution >= 0.6 is 11.6 Å². The van der Waals surface area contributed by atoms with Crippen molar-refractivity contribution < 1.29 is 0 Å². The zero-order valence-corrected chi connectivity index (χ0v) is 10.3. The maximum atomic E-state index is 9.37. The van der Waals surface area contributed by atoms with Gasteiger partial charge >= 0.3 is 0 Å². The minimum absolute atomic E-state index is 0.132. The molecule has 0 heterocycles. The maximum Gasteiger partial charge on any atom is 0.0693 e. The van der Waals surface area contributed by atoms with Gasteiger partial charge in [0, 0.05) is 5.02 Å². The minimum Gasteiger partial charge on any atom is -0.198 e. The Morgan fingerprint density at radius 2 is 2.12 bits per heavy atom. The molecular formula is C14H16ClN.